The molecular weight excluding hydrogens is 359 g/mol. The molecule has 2 fully saturated rings. The Kier molecular flexibility index (Phi) is 4.03. The average molecular weight is 388 g/mol. The van der Waals surface area contributed by atoms with Crippen molar-refractivity contribution in [2.45, 2.75) is 51.8 Å². The fraction of sp³-hybridized carbons (Fsp3) is 0.652. The van der Waals surface area contributed by atoms with Crippen LogP contribution in [0.1, 0.15) is 40.5 Å². The van der Waals surface area contributed by atoms with E-state index in [1.54, 1.807) is 18.2 Å². The highest BCUT2D eigenvalue weighted by atomic mass is 19.1. The van der Waals surface area contributed by atoms with Gasteiger partial charge in [-0.1, -0.05) is 38.5 Å². The van der Waals surface area contributed by atoms with Crippen LogP contribution in [0.4, 0.5) is 4.39 Å². The zero-order valence-corrected chi connectivity index (χ0v) is 16.9. The lowest BCUT2D eigenvalue weighted by molar-refractivity contribution is -0.159. The summed E-state index contributed by atoms with van der Waals surface area (Å²) in [6.07, 6.45) is 9.00. The zero-order valence-electron chi connectivity index (χ0n) is 16.9. The minimum atomic E-state index is -1.71. The number of aliphatic hydroxyl groups is 2. The van der Waals surface area contributed by atoms with Crippen LogP contribution in [0.25, 0.3) is 0 Å². The molecule has 2 saturated carbocycles. The summed E-state index contributed by atoms with van der Waals surface area (Å²) in [5, 5.41) is 20.9. The van der Waals surface area contributed by atoms with Crippen LogP contribution in [0, 0.1) is 34.5 Å². The molecular formula is C23H29FO4. The number of hydrogen-bond acceptors (Lipinski definition) is 4. The van der Waals surface area contributed by atoms with Gasteiger partial charge in [-0.05, 0) is 55.7 Å². The molecule has 152 valence electrons. The van der Waals surface area contributed by atoms with Gasteiger partial charge in [-0.2, -0.15) is 0 Å². The largest absolute Gasteiger partial charge is 0.388 e. The van der Waals surface area contributed by atoms with Gasteiger partial charge in [0.1, 0.15) is 17.9 Å². The van der Waals surface area contributed by atoms with E-state index in [0.717, 1.165) is 5.57 Å². The van der Waals surface area contributed by atoms with Crippen molar-refractivity contribution in [3.63, 3.8) is 0 Å². The maximum Gasteiger partial charge on any atom is 0.190 e. The first-order chi connectivity index (χ1) is 13.0. The number of carbonyl (C=O) groups is 2. The smallest absolute Gasteiger partial charge is 0.190 e. The van der Waals surface area contributed by atoms with Crippen LogP contribution >= 0.6 is 0 Å². The third kappa shape index (κ3) is 2.02. The quantitative estimate of drug-likeness (QED) is 0.714. The van der Waals surface area contributed by atoms with E-state index in [1.165, 1.54) is 12.2 Å². The van der Waals surface area contributed by atoms with E-state index in [2.05, 4.69) is 0 Å². The van der Waals surface area contributed by atoms with Crippen molar-refractivity contribution >= 4 is 11.6 Å². The number of ketones is 2. The van der Waals surface area contributed by atoms with Crippen molar-refractivity contribution in [2.75, 3.05) is 6.61 Å². The molecule has 4 rings (SSSR count). The molecule has 0 aromatic carbocycles. The number of alkyl halides is 1. The molecule has 0 amide bonds. The van der Waals surface area contributed by atoms with Crippen LogP contribution < -0.4 is 0 Å². The van der Waals surface area contributed by atoms with Crippen molar-refractivity contribution in [1.29, 1.82) is 0 Å². The fourth-order valence-electron chi connectivity index (χ4n) is 6.95. The summed E-state index contributed by atoms with van der Waals surface area (Å²) in [6, 6.07) is 0. The molecule has 0 aliphatic heterocycles. The van der Waals surface area contributed by atoms with Crippen LogP contribution in [-0.4, -0.2) is 39.7 Å². The lowest BCUT2D eigenvalue weighted by Gasteiger charge is -2.59. The van der Waals surface area contributed by atoms with Crippen molar-refractivity contribution in [1.82, 2.24) is 0 Å². The molecule has 0 unspecified atom stereocenters. The first-order valence-electron chi connectivity index (χ1n) is 10.2. The van der Waals surface area contributed by atoms with Crippen LogP contribution in [0.5, 0.6) is 0 Å². The van der Waals surface area contributed by atoms with E-state index >= 15 is 4.39 Å². The van der Waals surface area contributed by atoms with Gasteiger partial charge in [0.25, 0.3) is 0 Å². The van der Waals surface area contributed by atoms with Gasteiger partial charge in [-0.25, -0.2) is 4.39 Å². The predicted molar refractivity (Wildman–Crippen MR) is 103 cm³/mol. The highest BCUT2D eigenvalue weighted by Gasteiger charge is 2.71. The molecule has 4 nitrogen and oxygen atoms in total. The monoisotopic (exact) mass is 388 g/mol. The molecule has 0 aromatic rings. The SMILES string of the molecule is C[C@@H]1C[C@H]2[C@@H]3C[C@H](C)C4=CC(=O)C=C[C@]4(C)[C@@]3(F)C=C[C@]2(C)[C@@]1(O)C(=O)CO. The lowest BCUT2D eigenvalue weighted by Crippen LogP contribution is -2.62. The van der Waals surface area contributed by atoms with Gasteiger partial charge in [-0.3, -0.25) is 9.59 Å². The van der Waals surface area contributed by atoms with Crippen LogP contribution in [-0.2, 0) is 9.59 Å². The van der Waals surface area contributed by atoms with Crippen molar-refractivity contribution < 1.29 is 24.2 Å². The second-order valence-corrected chi connectivity index (χ2v) is 9.76. The first-order valence-corrected chi connectivity index (χ1v) is 10.2. The minimum absolute atomic E-state index is 0.0288. The van der Waals surface area contributed by atoms with E-state index in [4.69, 9.17) is 0 Å². The maximum absolute atomic E-state index is 16.8. The van der Waals surface area contributed by atoms with Gasteiger partial charge in [-0.15, -0.1) is 0 Å². The van der Waals surface area contributed by atoms with E-state index in [1.807, 2.05) is 27.7 Å². The molecule has 0 saturated heterocycles. The Morgan fingerprint density at radius 2 is 1.86 bits per heavy atom. The van der Waals surface area contributed by atoms with Gasteiger partial charge in [0.05, 0.1) is 0 Å². The van der Waals surface area contributed by atoms with Crippen molar-refractivity contribution in [2.24, 2.45) is 34.5 Å². The third-order valence-corrected chi connectivity index (χ3v) is 8.59. The normalized spacial score (nSPS) is 52.0. The van der Waals surface area contributed by atoms with Gasteiger partial charge < -0.3 is 10.2 Å². The molecule has 4 aliphatic carbocycles. The van der Waals surface area contributed by atoms with Crippen molar-refractivity contribution in [3.05, 3.63) is 36.0 Å². The summed E-state index contributed by atoms with van der Waals surface area (Å²) in [5.74, 6) is -1.67. The molecule has 0 aromatic heterocycles. The summed E-state index contributed by atoms with van der Waals surface area (Å²) < 4.78 is 16.8. The number of Topliss-reactive ketones (excluding diaryl/α,β-unsaturated/α-hetero) is 1. The fourth-order valence-corrected chi connectivity index (χ4v) is 6.95. The summed E-state index contributed by atoms with van der Waals surface area (Å²) in [7, 11) is 0. The highest BCUT2D eigenvalue weighted by Crippen LogP contribution is 2.69. The maximum atomic E-state index is 16.8. The van der Waals surface area contributed by atoms with Crippen LogP contribution in [0.3, 0.4) is 0 Å². The third-order valence-electron chi connectivity index (χ3n) is 8.59. The highest BCUT2D eigenvalue weighted by molar-refractivity contribution is 6.01. The van der Waals surface area contributed by atoms with Gasteiger partial charge in [0.2, 0.25) is 0 Å². The topological polar surface area (TPSA) is 74.6 Å². The van der Waals surface area contributed by atoms with E-state index < -0.39 is 34.5 Å². The lowest BCUT2D eigenvalue weighted by atomic mass is 9.46. The van der Waals surface area contributed by atoms with E-state index in [9.17, 15) is 19.8 Å². The molecule has 2 N–H and O–H groups in total. The van der Waals surface area contributed by atoms with Gasteiger partial charge in [0.15, 0.2) is 11.6 Å². The van der Waals surface area contributed by atoms with Gasteiger partial charge in [0, 0.05) is 16.7 Å². The molecule has 0 heterocycles. The molecule has 0 bridgehead atoms. The summed E-state index contributed by atoms with van der Waals surface area (Å²) in [6.45, 7) is 6.77. The summed E-state index contributed by atoms with van der Waals surface area (Å²) >= 11 is 0. The number of carbonyl (C=O) groups excluding carboxylic acids is 2. The molecule has 5 heteroatoms. The first kappa shape index (κ1) is 19.7. The Bertz CT molecular complexity index is 844. The molecule has 0 spiro atoms. The zero-order chi connectivity index (χ0) is 20.7. The minimum Gasteiger partial charge on any atom is -0.388 e. The summed E-state index contributed by atoms with van der Waals surface area (Å²) in [5.41, 5.74) is -4.44. The Balaban J connectivity index is 1.88. The molecule has 4 aliphatic rings. The van der Waals surface area contributed by atoms with Gasteiger partial charge >= 0.3 is 0 Å². The number of halogens is 1. The molecule has 0 radical (unpaired) electrons. The number of allylic oxidation sites excluding steroid dienone is 5. The number of rotatable bonds is 2. The number of aliphatic hydroxyl groups excluding tert-OH is 1. The molecule has 8 atom stereocenters. The van der Waals surface area contributed by atoms with E-state index in [-0.39, 0.29) is 29.5 Å². The Labute approximate surface area is 165 Å². The summed E-state index contributed by atoms with van der Waals surface area (Å²) in [4.78, 5) is 24.5. The average Bonchev–Trinajstić information content (AvgIpc) is 2.86. The Hall–Kier alpha value is -1.59. The molecule has 28 heavy (non-hydrogen) atoms. The predicted octanol–water partition coefficient (Wildman–Crippen LogP) is 2.95. The second kappa shape index (κ2) is 5.73. The van der Waals surface area contributed by atoms with Crippen LogP contribution in [0.2, 0.25) is 0 Å². The number of hydrogen-bond donors (Lipinski definition) is 2. The van der Waals surface area contributed by atoms with Crippen molar-refractivity contribution in [3.8, 4) is 0 Å². The van der Waals surface area contributed by atoms with E-state index in [0.29, 0.717) is 12.8 Å². The Morgan fingerprint density at radius 1 is 1.18 bits per heavy atom. The number of fused-ring (bicyclic) bond motifs is 5. The standard InChI is InChI=1S/C23H29FO4/c1-13-9-18-17-10-14(2)23(28,19(27)12-25)21(17,4)7-8-22(18,24)20(3)6-5-15(26)11-16(13)20/h5-8,11,13-14,17-18,25,28H,9-10,12H2,1-4H3/t13-,14+,17-,18-,20-,21-,22+,23-/m0/s1. The van der Waals surface area contributed by atoms with Crippen LogP contribution in [0.15, 0.2) is 36.0 Å². The Morgan fingerprint density at radius 3 is 2.50 bits per heavy atom. The second-order valence-electron chi connectivity index (χ2n) is 9.76.